The first-order chi connectivity index (χ1) is 15.7. The fraction of sp³-hybridized carbons (Fsp3) is 0.522. The molecule has 2 atom stereocenters. The Hall–Kier alpha value is -3.14. The number of hydrogen-bond acceptors (Lipinski definition) is 6. The summed E-state index contributed by atoms with van der Waals surface area (Å²) in [6, 6.07) is 5.14. The number of benzene rings is 1. The summed E-state index contributed by atoms with van der Waals surface area (Å²) in [5.41, 5.74) is 11.5. The van der Waals surface area contributed by atoms with E-state index in [1.165, 1.54) is 36.9 Å². The third-order valence-corrected chi connectivity index (χ3v) is 6.17. The van der Waals surface area contributed by atoms with E-state index < -0.39 is 17.3 Å². The highest BCUT2D eigenvalue weighted by molar-refractivity contribution is 6.23. The van der Waals surface area contributed by atoms with Crippen molar-refractivity contribution in [2.75, 3.05) is 18.4 Å². The molecule has 1 aromatic rings. The van der Waals surface area contributed by atoms with Crippen LogP contribution in [0.25, 0.3) is 0 Å². The Morgan fingerprint density at radius 1 is 1.21 bits per heavy atom. The molecule has 1 aliphatic heterocycles. The molecule has 1 saturated carbocycles. The van der Waals surface area contributed by atoms with Crippen LogP contribution in [0.2, 0.25) is 0 Å². The lowest BCUT2D eigenvalue weighted by Crippen LogP contribution is -2.65. The minimum absolute atomic E-state index is 0.0215. The highest BCUT2D eigenvalue weighted by Crippen LogP contribution is 2.24. The third kappa shape index (κ3) is 6.67. The zero-order valence-electron chi connectivity index (χ0n) is 18.9. The fourth-order valence-corrected chi connectivity index (χ4v) is 4.24. The van der Waals surface area contributed by atoms with Crippen molar-refractivity contribution in [2.24, 2.45) is 11.5 Å². The molecule has 0 aromatic heterocycles. The van der Waals surface area contributed by atoms with Crippen LogP contribution >= 0.6 is 0 Å². The average molecular weight is 461 g/mol. The van der Waals surface area contributed by atoms with Gasteiger partial charge in [-0.05, 0) is 63.3 Å². The molecule has 10 heteroatoms. The van der Waals surface area contributed by atoms with Gasteiger partial charge < -0.3 is 31.7 Å². The monoisotopic (exact) mass is 460 g/mol. The summed E-state index contributed by atoms with van der Waals surface area (Å²) in [5, 5.41) is 14.0. The molecular formula is C23H33FN6O3. The maximum absolute atomic E-state index is 13.1. The van der Waals surface area contributed by atoms with Gasteiger partial charge in [0.25, 0.3) is 5.91 Å². The van der Waals surface area contributed by atoms with Crippen LogP contribution in [0.3, 0.4) is 0 Å². The number of rotatable bonds is 6. The van der Waals surface area contributed by atoms with Crippen LogP contribution in [-0.4, -0.2) is 53.5 Å². The number of anilines is 1. The summed E-state index contributed by atoms with van der Waals surface area (Å²) in [4.78, 5) is 26.1. The number of ether oxygens (including phenoxy) is 1. The van der Waals surface area contributed by atoms with Gasteiger partial charge >= 0.3 is 6.09 Å². The number of piperidine rings is 1. The first-order valence-electron chi connectivity index (χ1n) is 11.3. The number of carbonyl (C=O) groups is 2. The minimum atomic E-state index is -0.797. The second kappa shape index (κ2) is 10.7. The van der Waals surface area contributed by atoms with Gasteiger partial charge in [0.2, 0.25) is 0 Å². The fourth-order valence-electron chi connectivity index (χ4n) is 4.24. The quantitative estimate of drug-likeness (QED) is 0.250. The topological polar surface area (TPSA) is 147 Å². The first kappa shape index (κ1) is 24.5. The number of hydrogen-bond donors (Lipinski definition) is 5. The normalized spacial score (nSPS) is 24.2. The van der Waals surface area contributed by atoms with Gasteiger partial charge in [-0.1, -0.05) is 6.42 Å². The Balaban J connectivity index is 1.59. The van der Waals surface area contributed by atoms with Crippen LogP contribution < -0.4 is 22.1 Å². The smallest absolute Gasteiger partial charge is 0.410 e. The summed E-state index contributed by atoms with van der Waals surface area (Å²) in [6.45, 7) is 2.58. The molecule has 33 heavy (non-hydrogen) atoms. The van der Waals surface area contributed by atoms with Gasteiger partial charge in [-0.3, -0.25) is 10.2 Å². The standard InChI is InChI=1S/C23H33FN6O3/c1-23(27)14-30(22(32)33-17-5-3-2-4-6-17)12-11-19(23)28-13-18(21(26)31)20(25)29-16-9-7-15(24)8-10-16/h7-10,13,17,19,28H,2-6,11-12,14,27H2,1H3,(H2,25,29)(H2,26,31)/b18-13+/t19-,23?/m1/s1. The minimum Gasteiger partial charge on any atom is -0.446 e. The van der Waals surface area contributed by atoms with Gasteiger partial charge in [0.15, 0.2) is 0 Å². The van der Waals surface area contributed by atoms with Crippen molar-refractivity contribution >= 4 is 23.5 Å². The molecule has 1 heterocycles. The number of amides is 2. The number of halogens is 1. The molecule has 1 aliphatic carbocycles. The van der Waals surface area contributed by atoms with Crippen LogP contribution in [0.15, 0.2) is 36.0 Å². The molecule has 180 valence electrons. The Labute approximate surface area is 193 Å². The summed E-state index contributed by atoms with van der Waals surface area (Å²) < 4.78 is 18.7. The van der Waals surface area contributed by atoms with E-state index in [4.69, 9.17) is 21.6 Å². The number of primary amides is 1. The van der Waals surface area contributed by atoms with Gasteiger partial charge in [-0.2, -0.15) is 0 Å². The van der Waals surface area contributed by atoms with Crippen LogP contribution in [0.4, 0.5) is 14.9 Å². The van der Waals surface area contributed by atoms with Crippen molar-refractivity contribution < 1.29 is 18.7 Å². The maximum atomic E-state index is 13.1. The zero-order chi connectivity index (χ0) is 24.0. The van der Waals surface area contributed by atoms with E-state index in [-0.39, 0.29) is 29.6 Å². The SMILES string of the molecule is CC1(N)CN(C(=O)OC2CCCCC2)CC[C@H]1N/C=C(\C(=N)Nc1ccc(F)cc1)C(N)=O. The molecule has 2 amide bonds. The average Bonchev–Trinajstić information content (AvgIpc) is 2.76. The lowest BCUT2D eigenvalue weighted by atomic mass is 9.86. The van der Waals surface area contributed by atoms with E-state index in [1.54, 1.807) is 4.90 Å². The number of likely N-dealkylation sites (tertiary alicyclic amines) is 1. The molecule has 3 rings (SSSR count). The van der Waals surface area contributed by atoms with Gasteiger partial charge in [-0.25, -0.2) is 9.18 Å². The summed E-state index contributed by atoms with van der Waals surface area (Å²) in [5.74, 6) is -1.43. The van der Waals surface area contributed by atoms with E-state index in [0.717, 1.165) is 25.7 Å². The molecule has 0 spiro atoms. The predicted octanol–water partition coefficient (Wildman–Crippen LogP) is 2.43. The van der Waals surface area contributed by atoms with E-state index in [0.29, 0.717) is 25.2 Å². The largest absolute Gasteiger partial charge is 0.446 e. The van der Waals surface area contributed by atoms with Crippen LogP contribution in [0.1, 0.15) is 45.4 Å². The number of amidine groups is 1. The molecule has 0 bridgehead atoms. The molecule has 0 radical (unpaired) electrons. The van der Waals surface area contributed by atoms with Crippen LogP contribution in [-0.2, 0) is 9.53 Å². The first-order valence-corrected chi connectivity index (χ1v) is 11.3. The molecular weight excluding hydrogens is 427 g/mol. The van der Waals surface area contributed by atoms with Crippen molar-refractivity contribution in [1.82, 2.24) is 10.2 Å². The van der Waals surface area contributed by atoms with Crippen molar-refractivity contribution in [3.05, 3.63) is 41.9 Å². The van der Waals surface area contributed by atoms with Crippen molar-refractivity contribution in [1.29, 1.82) is 5.41 Å². The molecule has 2 fully saturated rings. The third-order valence-electron chi connectivity index (χ3n) is 6.17. The second-order valence-electron chi connectivity index (χ2n) is 9.01. The Morgan fingerprint density at radius 3 is 2.48 bits per heavy atom. The number of carbonyl (C=O) groups excluding carboxylic acids is 2. The number of nitrogens with one attached hydrogen (secondary N) is 3. The molecule has 1 saturated heterocycles. The van der Waals surface area contributed by atoms with E-state index >= 15 is 0 Å². The van der Waals surface area contributed by atoms with Gasteiger partial charge in [0.05, 0.1) is 11.1 Å². The summed E-state index contributed by atoms with van der Waals surface area (Å²) >= 11 is 0. The Morgan fingerprint density at radius 2 is 1.88 bits per heavy atom. The lowest BCUT2D eigenvalue weighted by Gasteiger charge is -2.44. The Kier molecular flexibility index (Phi) is 7.91. The molecule has 2 aliphatic rings. The maximum Gasteiger partial charge on any atom is 0.410 e. The number of nitrogens with zero attached hydrogens (tertiary/aromatic N) is 1. The lowest BCUT2D eigenvalue weighted by molar-refractivity contribution is -0.114. The zero-order valence-corrected chi connectivity index (χ0v) is 18.9. The van der Waals surface area contributed by atoms with Gasteiger partial charge in [-0.15, -0.1) is 0 Å². The summed E-state index contributed by atoms with van der Waals surface area (Å²) in [6.07, 6.45) is 6.70. The van der Waals surface area contributed by atoms with Crippen LogP contribution in [0.5, 0.6) is 0 Å². The van der Waals surface area contributed by atoms with Crippen molar-refractivity contribution in [3.63, 3.8) is 0 Å². The highest BCUT2D eigenvalue weighted by Gasteiger charge is 2.39. The van der Waals surface area contributed by atoms with Crippen molar-refractivity contribution in [2.45, 2.75) is 63.1 Å². The summed E-state index contributed by atoms with van der Waals surface area (Å²) in [7, 11) is 0. The molecule has 1 unspecified atom stereocenters. The van der Waals surface area contributed by atoms with Crippen molar-refractivity contribution in [3.8, 4) is 0 Å². The second-order valence-corrected chi connectivity index (χ2v) is 9.01. The van der Waals surface area contributed by atoms with Gasteiger partial charge in [0, 0.05) is 31.0 Å². The molecule has 7 N–H and O–H groups in total. The predicted molar refractivity (Wildman–Crippen MR) is 124 cm³/mol. The van der Waals surface area contributed by atoms with E-state index in [9.17, 15) is 14.0 Å². The number of nitrogens with two attached hydrogens (primary N) is 2. The van der Waals surface area contributed by atoms with Crippen LogP contribution in [0, 0.1) is 11.2 Å². The molecule has 1 aromatic carbocycles. The van der Waals surface area contributed by atoms with E-state index in [2.05, 4.69) is 10.6 Å². The van der Waals surface area contributed by atoms with E-state index in [1.807, 2.05) is 6.92 Å². The van der Waals surface area contributed by atoms with Gasteiger partial charge in [0.1, 0.15) is 17.8 Å². The Bertz CT molecular complexity index is 896. The highest BCUT2D eigenvalue weighted by atomic mass is 19.1. The molecule has 9 nitrogen and oxygen atoms in total.